The van der Waals surface area contributed by atoms with Crippen LogP contribution in [-0.2, 0) is 16.0 Å². The minimum absolute atomic E-state index is 0.0515. The minimum Gasteiger partial charge on any atom is -0.332 e. The number of rotatable bonds is 4. The van der Waals surface area contributed by atoms with Gasteiger partial charge in [-0.25, -0.2) is 0 Å². The van der Waals surface area contributed by atoms with Crippen molar-refractivity contribution in [3.05, 3.63) is 45.6 Å². The third kappa shape index (κ3) is 3.94. The molecule has 1 aliphatic rings. The first-order valence-corrected chi connectivity index (χ1v) is 10.2. The fourth-order valence-electron chi connectivity index (χ4n) is 3.48. The molecule has 6 nitrogen and oxygen atoms in total. The maximum absolute atomic E-state index is 13.1. The van der Waals surface area contributed by atoms with E-state index in [0.29, 0.717) is 16.3 Å². The lowest BCUT2D eigenvalue weighted by Crippen LogP contribution is -2.45. The first-order valence-electron chi connectivity index (χ1n) is 9.37. The highest BCUT2D eigenvalue weighted by Gasteiger charge is 2.31. The van der Waals surface area contributed by atoms with Gasteiger partial charge in [-0.15, -0.1) is 11.3 Å². The van der Waals surface area contributed by atoms with Crippen molar-refractivity contribution in [3.63, 3.8) is 0 Å². The average Bonchev–Trinajstić information content (AvgIpc) is 2.96. The van der Waals surface area contributed by atoms with E-state index in [9.17, 15) is 14.4 Å². The summed E-state index contributed by atoms with van der Waals surface area (Å²) < 4.78 is 0. The number of carbonyl (C=O) groups excluding carboxylic acids is 3. The summed E-state index contributed by atoms with van der Waals surface area (Å²) in [4.78, 5) is 42.8. The molecule has 3 rings (SSSR count). The van der Waals surface area contributed by atoms with Gasteiger partial charge in [0, 0.05) is 24.4 Å². The van der Waals surface area contributed by atoms with Crippen molar-refractivity contribution in [3.8, 4) is 0 Å². The third-order valence-corrected chi connectivity index (χ3v) is 6.04. The van der Waals surface area contributed by atoms with Gasteiger partial charge in [0.1, 0.15) is 6.54 Å². The van der Waals surface area contributed by atoms with E-state index < -0.39 is 0 Å². The van der Waals surface area contributed by atoms with Gasteiger partial charge >= 0.3 is 0 Å². The summed E-state index contributed by atoms with van der Waals surface area (Å²) in [5.74, 6) is -0.497. The average molecular weight is 400 g/mol. The highest BCUT2D eigenvalue weighted by Crippen LogP contribution is 2.31. The zero-order chi connectivity index (χ0) is 20.4. The molecule has 7 heteroatoms. The van der Waals surface area contributed by atoms with Crippen LogP contribution in [0.5, 0.6) is 0 Å². The Balaban J connectivity index is 1.81. The van der Waals surface area contributed by atoms with Crippen LogP contribution in [0.2, 0.25) is 0 Å². The van der Waals surface area contributed by atoms with E-state index in [4.69, 9.17) is 0 Å². The van der Waals surface area contributed by atoms with Gasteiger partial charge in [0.25, 0.3) is 5.91 Å². The van der Waals surface area contributed by atoms with Crippen molar-refractivity contribution < 1.29 is 14.4 Å². The molecule has 0 spiro atoms. The predicted molar refractivity (Wildman–Crippen MR) is 112 cm³/mol. The van der Waals surface area contributed by atoms with Crippen LogP contribution < -0.4 is 10.2 Å². The van der Waals surface area contributed by atoms with Crippen LogP contribution in [0, 0.1) is 6.92 Å². The molecule has 1 aliphatic heterocycles. The fourth-order valence-corrected chi connectivity index (χ4v) is 4.59. The molecule has 1 atom stereocenters. The molecule has 0 fully saturated rings. The normalized spacial score (nSPS) is 16.2. The number of nitrogens with one attached hydrogen (secondary N) is 1. The maximum Gasteiger partial charge on any atom is 0.264 e. The summed E-state index contributed by atoms with van der Waals surface area (Å²) in [7, 11) is 1.64. The number of hydrogen-bond acceptors (Lipinski definition) is 4. The number of fused-ring (bicyclic) bond motifs is 1. The first-order chi connectivity index (χ1) is 13.3. The Morgan fingerprint density at radius 2 is 2.04 bits per heavy atom. The topological polar surface area (TPSA) is 69.7 Å². The van der Waals surface area contributed by atoms with E-state index >= 15 is 0 Å². The van der Waals surface area contributed by atoms with Crippen molar-refractivity contribution in [2.75, 3.05) is 23.8 Å². The molecule has 2 aromatic rings. The molecule has 1 N–H and O–H groups in total. The Labute approximate surface area is 169 Å². The summed E-state index contributed by atoms with van der Waals surface area (Å²) >= 11 is 1.46. The minimum atomic E-state index is -0.296. The van der Waals surface area contributed by atoms with Gasteiger partial charge in [-0.1, -0.05) is 19.1 Å². The summed E-state index contributed by atoms with van der Waals surface area (Å²) in [6.45, 7) is 5.86. The van der Waals surface area contributed by atoms with Crippen molar-refractivity contribution in [2.24, 2.45) is 0 Å². The lowest BCUT2D eigenvalue weighted by atomic mass is 10.1. The molecule has 3 amide bonds. The highest BCUT2D eigenvalue weighted by atomic mass is 32.1. The Kier molecular flexibility index (Phi) is 5.84. The van der Waals surface area contributed by atoms with Gasteiger partial charge in [0.15, 0.2) is 0 Å². The number of para-hydroxylation sites is 2. The smallest absolute Gasteiger partial charge is 0.264 e. The molecular formula is C21H25N3O3S. The van der Waals surface area contributed by atoms with Crippen LogP contribution in [0.4, 0.5) is 11.4 Å². The summed E-state index contributed by atoms with van der Waals surface area (Å²) in [6.07, 6.45) is 1.09. The summed E-state index contributed by atoms with van der Waals surface area (Å²) in [6, 6.07) is 8.86. The number of amides is 3. The standard InChI is InChI=1S/C21H25N3O3S/c1-5-15-11-18(28-14(15)3)21(27)23(4)12-20(26)24-13(2)10-19(25)22-16-8-6-7-9-17(16)24/h6-9,11,13H,5,10,12H2,1-4H3,(H,22,25)/t13-/m0/s1. The first kappa shape index (κ1) is 20.1. The molecule has 148 valence electrons. The van der Waals surface area contributed by atoms with Gasteiger partial charge in [-0.2, -0.15) is 0 Å². The number of likely N-dealkylation sites (N-methyl/N-ethyl adjacent to an activating group) is 1. The second-order valence-electron chi connectivity index (χ2n) is 7.09. The summed E-state index contributed by atoms with van der Waals surface area (Å²) in [5.41, 5.74) is 2.43. The van der Waals surface area contributed by atoms with Gasteiger partial charge < -0.3 is 15.1 Å². The molecule has 0 saturated carbocycles. The van der Waals surface area contributed by atoms with E-state index in [1.165, 1.54) is 16.2 Å². The molecule has 0 saturated heterocycles. The van der Waals surface area contributed by atoms with Crippen LogP contribution >= 0.6 is 11.3 Å². The fraction of sp³-hybridized carbons (Fsp3) is 0.381. The van der Waals surface area contributed by atoms with Gasteiger partial charge in [-0.3, -0.25) is 14.4 Å². The van der Waals surface area contributed by atoms with Crippen molar-refractivity contribution in [1.29, 1.82) is 0 Å². The monoisotopic (exact) mass is 399 g/mol. The van der Waals surface area contributed by atoms with Crippen molar-refractivity contribution in [2.45, 2.75) is 39.7 Å². The Morgan fingerprint density at radius 3 is 2.71 bits per heavy atom. The number of nitrogens with zero attached hydrogens (tertiary/aromatic N) is 2. The number of anilines is 2. The Bertz CT molecular complexity index is 921. The number of carbonyl (C=O) groups is 3. The lowest BCUT2D eigenvalue weighted by Gasteiger charge is -2.29. The van der Waals surface area contributed by atoms with E-state index in [-0.39, 0.29) is 36.7 Å². The van der Waals surface area contributed by atoms with E-state index in [1.807, 2.05) is 38.1 Å². The molecular weight excluding hydrogens is 374 g/mol. The molecule has 0 radical (unpaired) electrons. The Morgan fingerprint density at radius 1 is 1.32 bits per heavy atom. The predicted octanol–water partition coefficient (Wildman–Crippen LogP) is 3.45. The molecule has 28 heavy (non-hydrogen) atoms. The second kappa shape index (κ2) is 8.14. The summed E-state index contributed by atoms with van der Waals surface area (Å²) in [5, 5.41) is 2.84. The zero-order valence-electron chi connectivity index (χ0n) is 16.6. The van der Waals surface area contributed by atoms with Crippen LogP contribution in [-0.4, -0.2) is 42.3 Å². The quantitative estimate of drug-likeness (QED) is 0.856. The molecule has 0 bridgehead atoms. The van der Waals surface area contributed by atoms with Crippen molar-refractivity contribution in [1.82, 2.24) is 4.90 Å². The largest absolute Gasteiger partial charge is 0.332 e. The second-order valence-corrected chi connectivity index (χ2v) is 8.35. The molecule has 0 aliphatic carbocycles. The lowest BCUT2D eigenvalue weighted by molar-refractivity contribution is -0.119. The molecule has 2 heterocycles. The molecule has 1 aromatic heterocycles. The van der Waals surface area contributed by atoms with E-state index in [2.05, 4.69) is 12.2 Å². The van der Waals surface area contributed by atoms with Gasteiger partial charge in [0.05, 0.1) is 16.3 Å². The number of benzene rings is 1. The van der Waals surface area contributed by atoms with Gasteiger partial charge in [0.2, 0.25) is 11.8 Å². The van der Waals surface area contributed by atoms with Crippen LogP contribution in [0.1, 0.15) is 40.4 Å². The molecule has 1 aromatic carbocycles. The van der Waals surface area contributed by atoms with Crippen LogP contribution in [0.3, 0.4) is 0 Å². The van der Waals surface area contributed by atoms with E-state index in [0.717, 1.165) is 16.9 Å². The number of aryl methyl sites for hydroxylation is 2. The number of thiophene rings is 1. The zero-order valence-corrected chi connectivity index (χ0v) is 17.4. The maximum atomic E-state index is 13.1. The van der Waals surface area contributed by atoms with E-state index in [1.54, 1.807) is 18.0 Å². The SMILES string of the molecule is CCc1cc(C(=O)N(C)CC(=O)N2c3ccccc3NC(=O)C[C@@H]2C)sc1C. The highest BCUT2D eigenvalue weighted by molar-refractivity contribution is 7.14. The van der Waals surface area contributed by atoms with Gasteiger partial charge in [-0.05, 0) is 44.0 Å². The Hall–Kier alpha value is -2.67. The van der Waals surface area contributed by atoms with Crippen LogP contribution in [0.15, 0.2) is 30.3 Å². The number of hydrogen-bond donors (Lipinski definition) is 1. The van der Waals surface area contributed by atoms with Crippen molar-refractivity contribution >= 4 is 40.4 Å². The van der Waals surface area contributed by atoms with Crippen LogP contribution in [0.25, 0.3) is 0 Å². The molecule has 0 unspecified atom stereocenters. The third-order valence-electron chi connectivity index (χ3n) is 4.96.